The first-order valence-electron chi connectivity index (χ1n) is 4.93. The number of hydrogen-bond acceptors (Lipinski definition) is 3. The van der Waals surface area contributed by atoms with Crippen molar-refractivity contribution >= 4 is 21.9 Å². The quantitative estimate of drug-likeness (QED) is 0.801. The molecule has 1 rings (SSSR count). The average Bonchev–Trinajstić information content (AvgIpc) is 2.25. The molecule has 0 bridgehead atoms. The second-order valence-electron chi connectivity index (χ2n) is 3.29. The van der Waals surface area contributed by atoms with Gasteiger partial charge in [0.25, 0.3) is 0 Å². The molecular formula is C12H12BrNO2. The van der Waals surface area contributed by atoms with Gasteiger partial charge in [-0.2, -0.15) is 5.26 Å². The number of halogens is 1. The standard InChI is InChI=1S/C12H12BrNO2/c1-3-16-12(15)6-10-8(2)11(13)5-4-9(10)7-14/h4-5H,3,6H2,1-2H3. The number of carbonyl (C=O) groups excluding carboxylic acids is 1. The highest BCUT2D eigenvalue weighted by molar-refractivity contribution is 9.10. The van der Waals surface area contributed by atoms with Crippen molar-refractivity contribution in [3.05, 3.63) is 33.3 Å². The summed E-state index contributed by atoms with van der Waals surface area (Å²) in [4.78, 5) is 11.4. The van der Waals surface area contributed by atoms with Gasteiger partial charge in [0.2, 0.25) is 0 Å². The zero-order valence-electron chi connectivity index (χ0n) is 9.21. The topological polar surface area (TPSA) is 50.1 Å². The summed E-state index contributed by atoms with van der Waals surface area (Å²) in [6.07, 6.45) is 0.141. The first kappa shape index (κ1) is 12.7. The molecule has 0 unspecified atom stereocenters. The van der Waals surface area contributed by atoms with Crippen LogP contribution in [0.4, 0.5) is 0 Å². The van der Waals surface area contributed by atoms with E-state index in [9.17, 15) is 4.79 Å². The van der Waals surface area contributed by atoms with Crippen molar-refractivity contribution in [3.63, 3.8) is 0 Å². The molecule has 1 aromatic carbocycles. The van der Waals surface area contributed by atoms with Gasteiger partial charge in [0.15, 0.2) is 0 Å². The fraction of sp³-hybridized carbons (Fsp3) is 0.333. The van der Waals surface area contributed by atoms with Gasteiger partial charge in [0.1, 0.15) is 0 Å². The molecule has 84 valence electrons. The van der Waals surface area contributed by atoms with E-state index in [1.54, 1.807) is 13.0 Å². The predicted octanol–water partition coefficient (Wildman–Crippen LogP) is 2.73. The molecule has 0 heterocycles. The molecule has 0 aliphatic heterocycles. The van der Waals surface area contributed by atoms with Crippen molar-refractivity contribution in [3.8, 4) is 6.07 Å². The number of carbonyl (C=O) groups is 1. The fourth-order valence-electron chi connectivity index (χ4n) is 1.42. The molecule has 0 N–H and O–H groups in total. The summed E-state index contributed by atoms with van der Waals surface area (Å²) >= 11 is 3.38. The summed E-state index contributed by atoms with van der Waals surface area (Å²) in [5, 5.41) is 8.96. The van der Waals surface area contributed by atoms with Crippen LogP contribution in [0, 0.1) is 18.3 Å². The van der Waals surface area contributed by atoms with Crippen molar-refractivity contribution in [1.82, 2.24) is 0 Å². The Bertz CT molecular complexity index is 449. The van der Waals surface area contributed by atoms with Crippen LogP contribution in [-0.4, -0.2) is 12.6 Å². The van der Waals surface area contributed by atoms with Crippen LogP contribution < -0.4 is 0 Å². The van der Waals surface area contributed by atoms with Crippen LogP contribution in [0.2, 0.25) is 0 Å². The van der Waals surface area contributed by atoms with Gasteiger partial charge in [-0.3, -0.25) is 4.79 Å². The summed E-state index contributed by atoms with van der Waals surface area (Å²) in [7, 11) is 0. The lowest BCUT2D eigenvalue weighted by Crippen LogP contribution is -2.10. The Morgan fingerprint density at radius 2 is 2.25 bits per heavy atom. The van der Waals surface area contributed by atoms with Crippen LogP contribution in [0.3, 0.4) is 0 Å². The van der Waals surface area contributed by atoms with Gasteiger partial charge in [-0.1, -0.05) is 15.9 Å². The van der Waals surface area contributed by atoms with Crippen molar-refractivity contribution in [1.29, 1.82) is 5.26 Å². The van der Waals surface area contributed by atoms with Crippen LogP contribution >= 0.6 is 15.9 Å². The molecule has 4 heteroatoms. The van der Waals surface area contributed by atoms with Gasteiger partial charge in [0.05, 0.1) is 24.7 Å². The van der Waals surface area contributed by atoms with E-state index in [-0.39, 0.29) is 12.4 Å². The third-order valence-electron chi connectivity index (χ3n) is 2.28. The Balaban J connectivity index is 3.07. The number of rotatable bonds is 3. The Morgan fingerprint density at radius 3 is 2.81 bits per heavy atom. The minimum atomic E-state index is -0.305. The maximum Gasteiger partial charge on any atom is 0.310 e. The van der Waals surface area contributed by atoms with Crippen LogP contribution in [-0.2, 0) is 16.0 Å². The van der Waals surface area contributed by atoms with Gasteiger partial charge in [0, 0.05) is 4.47 Å². The molecule has 0 fully saturated rings. The zero-order chi connectivity index (χ0) is 12.1. The molecule has 0 saturated carbocycles. The molecule has 0 aromatic heterocycles. The summed E-state index contributed by atoms with van der Waals surface area (Å²) in [6, 6.07) is 5.59. The Morgan fingerprint density at radius 1 is 1.56 bits per heavy atom. The van der Waals surface area contributed by atoms with Crippen molar-refractivity contribution < 1.29 is 9.53 Å². The molecule has 0 aliphatic rings. The number of hydrogen-bond donors (Lipinski definition) is 0. The molecule has 0 spiro atoms. The minimum absolute atomic E-state index is 0.141. The Kier molecular flexibility index (Phi) is 4.51. The predicted molar refractivity (Wildman–Crippen MR) is 63.9 cm³/mol. The Labute approximate surface area is 103 Å². The summed E-state index contributed by atoms with van der Waals surface area (Å²) in [6.45, 7) is 3.99. The van der Waals surface area contributed by atoms with E-state index < -0.39 is 0 Å². The lowest BCUT2D eigenvalue weighted by Gasteiger charge is -2.09. The lowest BCUT2D eigenvalue weighted by molar-refractivity contribution is -0.142. The van der Waals surface area contributed by atoms with Gasteiger partial charge in [-0.25, -0.2) is 0 Å². The molecule has 0 radical (unpaired) electrons. The van der Waals surface area contributed by atoms with E-state index in [2.05, 4.69) is 22.0 Å². The highest BCUT2D eigenvalue weighted by Gasteiger charge is 2.13. The second kappa shape index (κ2) is 5.66. The van der Waals surface area contributed by atoms with E-state index in [1.165, 1.54) is 0 Å². The SMILES string of the molecule is CCOC(=O)Cc1c(C#N)ccc(Br)c1C. The average molecular weight is 282 g/mol. The van der Waals surface area contributed by atoms with Crippen LogP contribution in [0.25, 0.3) is 0 Å². The van der Waals surface area contributed by atoms with Gasteiger partial charge >= 0.3 is 5.97 Å². The maximum absolute atomic E-state index is 11.4. The molecule has 16 heavy (non-hydrogen) atoms. The molecular weight excluding hydrogens is 270 g/mol. The molecule has 1 aromatic rings. The van der Waals surface area contributed by atoms with E-state index in [0.29, 0.717) is 12.2 Å². The van der Waals surface area contributed by atoms with Crippen LogP contribution in [0.5, 0.6) is 0 Å². The number of esters is 1. The summed E-state index contributed by atoms with van der Waals surface area (Å²) in [5.41, 5.74) is 2.16. The third kappa shape index (κ3) is 2.83. The van der Waals surface area contributed by atoms with E-state index in [0.717, 1.165) is 15.6 Å². The van der Waals surface area contributed by atoms with Crippen molar-refractivity contribution in [2.45, 2.75) is 20.3 Å². The minimum Gasteiger partial charge on any atom is -0.466 e. The van der Waals surface area contributed by atoms with Crippen LogP contribution in [0.1, 0.15) is 23.6 Å². The fourth-order valence-corrected chi connectivity index (χ4v) is 1.79. The smallest absolute Gasteiger partial charge is 0.310 e. The Hall–Kier alpha value is -1.34. The highest BCUT2D eigenvalue weighted by atomic mass is 79.9. The maximum atomic E-state index is 11.4. The third-order valence-corrected chi connectivity index (χ3v) is 3.14. The van der Waals surface area contributed by atoms with E-state index >= 15 is 0 Å². The first-order valence-corrected chi connectivity index (χ1v) is 5.73. The molecule has 0 amide bonds. The number of ether oxygens (including phenoxy) is 1. The van der Waals surface area contributed by atoms with Gasteiger partial charge in [-0.05, 0) is 37.1 Å². The number of benzene rings is 1. The summed E-state index contributed by atoms with van der Waals surface area (Å²) < 4.78 is 5.77. The van der Waals surface area contributed by atoms with Crippen LogP contribution in [0.15, 0.2) is 16.6 Å². The van der Waals surface area contributed by atoms with E-state index in [4.69, 9.17) is 10.00 Å². The monoisotopic (exact) mass is 281 g/mol. The molecule has 0 aliphatic carbocycles. The van der Waals surface area contributed by atoms with Crippen molar-refractivity contribution in [2.24, 2.45) is 0 Å². The second-order valence-corrected chi connectivity index (χ2v) is 4.15. The normalized spacial score (nSPS) is 9.62. The van der Waals surface area contributed by atoms with Crippen molar-refractivity contribution in [2.75, 3.05) is 6.61 Å². The number of nitrogens with zero attached hydrogens (tertiary/aromatic N) is 1. The lowest BCUT2D eigenvalue weighted by atomic mass is 10.00. The molecule has 0 atom stereocenters. The number of nitriles is 1. The molecule has 0 saturated heterocycles. The van der Waals surface area contributed by atoms with Gasteiger partial charge < -0.3 is 4.74 Å². The van der Waals surface area contributed by atoms with E-state index in [1.807, 2.05) is 13.0 Å². The first-order chi connectivity index (χ1) is 7.60. The highest BCUT2D eigenvalue weighted by Crippen LogP contribution is 2.23. The zero-order valence-corrected chi connectivity index (χ0v) is 10.8. The van der Waals surface area contributed by atoms with Gasteiger partial charge in [-0.15, -0.1) is 0 Å². The summed E-state index contributed by atoms with van der Waals surface area (Å²) in [5.74, 6) is -0.305. The largest absolute Gasteiger partial charge is 0.466 e. The molecule has 3 nitrogen and oxygen atoms in total.